The van der Waals surface area contributed by atoms with Gasteiger partial charge in [-0.3, -0.25) is 4.79 Å². The normalized spacial score (nSPS) is 25.3. The third-order valence-corrected chi connectivity index (χ3v) is 4.45. The molecule has 15 heavy (non-hydrogen) atoms. The maximum atomic E-state index is 11.8. The lowest BCUT2D eigenvalue weighted by Gasteiger charge is -2.33. The summed E-state index contributed by atoms with van der Waals surface area (Å²) in [5.41, 5.74) is 0. The van der Waals surface area contributed by atoms with E-state index in [4.69, 9.17) is 0 Å². The van der Waals surface area contributed by atoms with Crippen molar-refractivity contribution in [2.75, 3.05) is 13.1 Å². The van der Waals surface area contributed by atoms with Crippen LogP contribution in [0.2, 0.25) is 0 Å². The van der Waals surface area contributed by atoms with Crippen LogP contribution in [0.25, 0.3) is 0 Å². The van der Waals surface area contributed by atoms with Crippen LogP contribution in [0.5, 0.6) is 0 Å². The molecule has 3 heteroatoms. The Balaban J connectivity index is 1.74. The SMILES string of the molecule is CC(Br)C1CCN(C(=O)CC2CC2)CC1. The highest BCUT2D eigenvalue weighted by Gasteiger charge is 2.29. The Morgan fingerprint density at radius 3 is 2.40 bits per heavy atom. The molecule has 1 aliphatic heterocycles. The molecule has 1 aliphatic carbocycles. The number of likely N-dealkylation sites (tertiary alicyclic amines) is 1. The average Bonchev–Trinajstić information content (AvgIpc) is 3.02. The zero-order chi connectivity index (χ0) is 10.8. The van der Waals surface area contributed by atoms with Gasteiger partial charge in [-0.1, -0.05) is 22.9 Å². The summed E-state index contributed by atoms with van der Waals surface area (Å²) in [6.07, 6.45) is 5.71. The lowest BCUT2D eigenvalue weighted by molar-refractivity contribution is -0.132. The maximum absolute atomic E-state index is 11.8. The van der Waals surface area contributed by atoms with E-state index in [2.05, 4.69) is 27.8 Å². The first-order valence-electron chi connectivity index (χ1n) is 6.08. The van der Waals surface area contributed by atoms with Crippen LogP contribution in [0.15, 0.2) is 0 Å². The summed E-state index contributed by atoms with van der Waals surface area (Å²) in [7, 11) is 0. The van der Waals surface area contributed by atoms with Gasteiger partial charge in [0.15, 0.2) is 0 Å². The summed E-state index contributed by atoms with van der Waals surface area (Å²) in [4.78, 5) is 14.5. The summed E-state index contributed by atoms with van der Waals surface area (Å²) in [5.74, 6) is 1.89. The highest BCUT2D eigenvalue weighted by atomic mass is 79.9. The van der Waals surface area contributed by atoms with Crippen LogP contribution in [-0.4, -0.2) is 28.7 Å². The summed E-state index contributed by atoms with van der Waals surface area (Å²) >= 11 is 3.64. The fourth-order valence-electron chi connectivity index (χ4n) is 2.31. The van der Waals surface area contributed by atoms with Gasteiger partial charge in [0.2, 0.25) is 5.91 Å². The predicted octanol–water partition coefficient (Wildman–Crippen LogP) is 2.81. The second-order valence-electron chi connectivity index (χ2n) is 5.04. The number of rotatable bonds is 3. The van der Waals surface area contributed by atoms with Crippen molar-refractivity contribution in [1.82, 2.24) is 4.90 Å². The molecule has 0 radical (unpaired) electrons. The Bertz CT molecular complexity index is 230. The number of halogens is 1. The minimum absolute atomic E-state index is 0.401. The molecule has 0 aromatic rings. The maximum Gasteiger partial charge on any atom is 0.222 e. The number of alkyl halides is 1. The zero-order valence-electron chi connectivity index (χ0n) is 9.42. The monoisotopic (exact) mass is 273 g/mol. The average molecular weight is 274 g/mol. The molecule has 2 fully saturated rings. The molecule has 0 N–H and O–H groups in total. The first kappa shape index (κ1) is 11.4. The van der Waals surface area contributed by atoms with E-state index in [9.17, 15) is 4.79 Å². The van der Waals surface area contributed by atoms with Crippen molar-refractivity contribution in [2.24, 2.45) is 11.8 Å². The van der Waals surface area contributed by atoms with Crippen molar-refractivity contribution in [3.8, 4) is 0 Å². The van der Waals surface area contributed by atoms with Gasteiger partial charge in [-0.25, -0.2) is 0 Å². The molecule has 1 saturated heterocycles. The van der Waals surface area contributed by atoms with Crippen LogP contribution in [-0.2, 0) is 4.79 Å². The molecule has 2 aliphatic rings. The first-order valence-corrected chi connectivity index (χ1v) is 7.00. The molecule has 0 aromatic heterocycles. The van der Waals surface area contributed by atoms with E-state index in [0.717, 1.165) is 31.3 Å². The summed E-state index contributed by atoms with van der Waals surface area (Å²) in [6, 6.07) is 0. The van der Waals surface area contributed by atoms with Gasteiger partial charge in [0.1, 0.15) is 0 Å². The summed E-state index contributed by atoms with van der Waals surface area (Å²) in [5, 5.41) is 0. The van der Waals surface area contributed by atoms with Crippen molar-refractivity contribution < 1.29 is 4.79 Å². The second-order valence-corrected chi connectivity index (χ2v) is 6.49. The standard InChI is InChI=1S/C12H20BrNO/c1-9(13)11-4-6-14(7-5-11)12(15)8-10-2-3-10/h9-11H,2-8H2,1H3. The van der Waals surface area contributed by atoms with Crippen LogP contribution in [0.3, 0.4) is 0 Å². The van der Waals surface area contributed by atoms with E-state index >= 15 is 0 Å². The van der Waals surface area contributed by atoms with Crippen molar-refractivity contribution in [2.45, 2.75) is 43.9 Å². The first-order chi connectivity index (χ1) is 7.16. The molecule has 86 valence electrons. The van der Waals surface area contributed by atoms with Crippen molar-refractivity contribution >= 4 is 21.8 Å². The number of piperidine rings is 1. The van der Waals surface area contributed by atoms with Crippen LogP contribution < -0.4 is 0 Å². The summed E-state index contributed by atoms with van der Waals surface area (Å²) < 4.78 is 0. The molecule has 1 atom stereocenters. The number of carbonyl (C=O) groups excluding carboxylic acids is 1. The van der Waals surface area contributed by atoms with E-state index in [-0.39, 0.29) is 0 Å². The highest BCUT2D eigenvalue weighted by Crippen LogP contribution is 2.33. The van der Waals surface area contributed by atoms with Gasteiger partial charge in [0.05, 0.1) is 0 Å². The van der Waals surface area contributed by atoms with Crippen LogP contribution in [0.4, 0.5) is 0 Å². The van der Waals surface area contributed by atoms with Crippen LogP contribution >= 0.6 is 15.9 Å². The Kier molecular flexibility index (Phi) is 3.70. The molecule has 1 heterocycles. The van der Waals surface area contributed by atoms with E-state index < -0.39 is 0 Å². The molecule has 0 aromatic carbocycles. The topological polar surface area (TPSA) is 20.3 Å². The van der Waals surface area contributed by atoms with Crippen molar-refractivity contribution in [1.29, 1.82) is 0 Å². The van der Waals surface area contributed by atoms with E-state index in [0.29, 0.717) is 10.7 Å². The van der Waals surface area contributed by atoms with E-state index in [1.165, 1.54) is 25.7 Å². The minimum atomic E-state index is 0.401. The predicted molar refractivity (Wildman–Crippen MR) is 65.0 cm³/mol. The number of carbonyl (C=O) groups is 1. The van der Waals surface area contributed by atoms with Gasteiger partial charge in [0, 0.05) is 24.3 Å². The summed E-state index contributed by atoms with van der Waals surface area (Å²) in [6.45, 7) is 4.17. The number of amides is 1. The number of hydrogen-bond donors (Lipinski definition) is 0. The Morgan fingerprint density at radius 1 is 1.33 bits per heavy atom. The van der Waals surface area contributed by atoms with Crippen molar-refractivity contribution in [3.05, 3.63) is 0 Å². The largest absolute Gasteiger partial charge is 0.343 e. The molecule has 1 amide bonds. The van der Waals surface area contributed by atoms with Gasteiger partial charge in [0.25, 0.3) is 0 Å². The fourth-order valence-corrected chi connectivity index (χ4v) is 2.83. The Hall–Kier alpha value is -0.0500. The zero-order valence-corrected chi connectivity index (χ0v) is 11.0. The molecular formula is C12H20BrNO. The Labute approximate surface area is 101 Å². The third-order valence-electron chi connectivity index (χ3n) is 3.70. The van der Waals surface area contributed by atoms with Gasteiger partial charge < -0.3 is 4.90 Å². The molecular weight excluding hydrogens is 254 g/mol. The second kappa shape index (κ2) is 4.86. The number of nitrogens with zero attached hydrogens (tertiary/aromatic N) is 1. The lowest BCUT2D eigenvalue weighted by atomic mass is 9.94. The van der Waals surface area contributed by atoms with Gasteiger partial charge in [-0.15, -0.1) is 0 Å². The highest BCUT2D eigenvalue weighted by molar-refractivity contribution is 9.09. The van der Waals surface area contributed by atoms with Gasteiger partial charge in [-0.05, 0) is 37.5 Å². The van der Waals surface area contributed by atoms with E-state index in [1.54, 1.807) is 0 Å². The lowest BCUT2D eigenvalue weighted by Crippen LogP contribution is -2.40. The molecule has 2 rings (SSSR count). The molecule has 1 unspecified atom stereocenters. The molecule has 0 bridgehead atoms. The van der Waals surface area contributed by atoms with Gasteiger partial charge >= 0.3 is 0 Å². The molecule has 1 saturated carbocycles. The third kappa shape index (κ3) is 3.20. The minimum Gasteiger partial charge on any atom is -0.343 e. The smallest absolute Gasteiger partial charge is 0.222 e. The Morgan fingerprint density at radius 2 is 1.93 bits per heavy atom. The van der Waals surface area contributed by atoms with Crippen LogP contribution in [0, 0.1) is 11.8 Å². The molecule has 0 spiro atoms. The molecule has 2 nitrogen and oxygen atoms in total. The van der Waals surface area contributed by atoms with Crippen LogP contribution in [0.1, 0.15) is 39.0 Å². The number of hydrogen-bond acceptors (Lipinski definition) is 1. The quantitative estimate of drug-likeness (QED) is 0.725. The van der Waals surface area contributed by atoms with Crippen molar-refractivity contribution in [3.63, 3.8) is 0 Å². The van der Waals surface area contributed by atoms with Gasteiger partial charge in [-0.2, -0.15) is 0 Å². The van der Waals surface area contributed by atoms with E-state index in [1.807, 2.05) is 0 Å². The fraction of sp³-hybridized carbons (Fsp3) is 0.917.